The van der Waals surface area contributed by atoms with E-state index in [0.29, 0.717) is 12.1 Å². The Kier molecular flexibility index (Phi) is 4.79. The second-order valence-corrected chi connectivity index (χ2v) is 6.13. The number of rotatable bonds is 4. The lowest BCUT2D eigenvalue weighted by atomic mass is 9.99. The van der Waals surface area contributed by atoms with Gasteiger partial charge in [-0.25, -0.2) is 0 Å². The van der Waals surface area contributed by atoms with E-state index in [-0.39, 0.29) is 11.5 Å². The maximum absolute atomic E-state index is 12.3. The number of hydrogen-bond donors (Lipinski definition) is 1. The Hall–Kier alpha value is -2.10. The Balaban J connectivity index is 1.61. The molecule has 2 aromatic carbocycles. The van der Waals surface area contributed by atoms with Gasteiger partial charge < -0.3 is 5.11 Å². The van der Waals surface area contributed by atoms with Crippen LogP contribution < -0.4 is 0 Å². The lowest BCUT2D eigenvalue weighted by molar-refractivity contribution is 0.0937. The van der Waals surface area contributed by atoms with Crippen LogP contribution in [0.25, 0.3) is 5.57 Å². The number of ketones is 1. The fourth-order valence-corrected chi connectivity index (χ4v) is 2.85. The third-order valence-corrected chi connectivity index (χ3v) is 4.32. The van der Waals surface area contributed by atoms with Crippen LogP contribution in [0.15, 0.2) is 54.6 Å². The molecule has 0 saturated heterocycles. The molecule has 0 aromatic heterocycles. The van der Waals surface area contributed by atoms with Crippen molar-refractivity contribution in [3.8, 4) is 5.75 Å². The van der Waals surface area contributed by atoms with E-state index in [9.17, 15) is 9.90 Å². The second-order valence-electron chi connectivity index (χ2n) is 5.69. The highest BCUT2D eigenvalue weighted by Gasteiger charge is 2.16. The zero-order valence-electron chi connectivity index (χ0n) is 12.7. The molecule has 0 unspecified atom stereocenters. The van der Waals surface area contributed by atoms with Crippen LogP contribution in [0.1, 0.15) is 22.3 Å². The summed E-state index contributed by atoms with van der Waals surface area (Å²) in [4.78, 5) is 14.4. The summed E-state index contributed by atoms with van der Waals surface area (Å²) in [6.07, 6.45) is 3.10. The lowest BCUT2D eigenvalue weighted by Crippen LogP contribution is -2.33. The fraction of sp³-hybridized carbons (Fsp3) is 0.211. The molecule has 1 N–H and O–H groups in total. The Labute approximate surface area is 140 Å². The number of Topliss-reactive ketones (excluding diaryl/α,β-unsaturated/α-hetero) is 1. The number of hydrogen-bond acceptors (Lipinski definition) is 3. The molecule has 2 aromatic rings. The summed E-state index contributed by atoms with van der Waals surface area (Å²) in [5.41, 5.74) is 3.13. The first kappa shape index (κ1) is 15.8. The zero-order valence-corrected chi connectivity index (χ0v) is 13.5. The third kappa shape index (κ3) is 4.01. The SMILES string of the molecule is O=C(CN1CC=C(c2ccc(Cl)cc2)CC1)c1ccc(O)cc1. The third-order valence-electron chi connectivity index (χ3n) is 4.06. The largest absolute Gasteiger partial charge is 0.508 e. The van der Waals surface area contributed by atoms with Gasteiger partial charge in [-0.3, -0.25) is 9.69 Å². The Morgan fingerprint density at radius 1 is 1.09 bits per heavy atom. The van der Waals surface area contributed by atoms with Gasteiger partial charge in [0.1, 0.15) is 5.75 Å². The van der Waals surface area contributed by atoms with E-state index in [1.807, 2.05) is 24.3 Å². The number of benzene rings is 2. The molecule has 3 nitrogen and oxygen atoms in total. The minimum atomic E-state index is 0.0772. The summed E-state index contributed by atoms with van der Waals surface area (Å²) in [5.74, 6) is 0.253. The fourth-order valence-electron chi connectivity index (χ4n) is 2.72. The molecule has 0 spiro atoms. The van der Waals surface area contributed by atoms with Gasteiger partial charge in [-0.05, 0) is 54.0 Å². The van der Waals surface area contributed by atoms with Crippen LogP contribution in [-0.4, -0.2) is 35.4 Å². The standard InChI is InChI=1S/C19H18ClNO2/c20-17-5-1-14(2-6-17)15-9-11-21(12-10-15)13-19(23)16-3-7-18(22)8-4-16/h1-9,22H,10-13H2. The first-order chi connectivity index (χ1) is 11.1. The minimum absolute atomic E-state index is 0.0772. The van der Waals surface area contributed by atoms with Crippen LogP contribution in [0.3, 0.4) is 0 Å². The number of carbonyl (C=O) groups is 1. The predicted molar refractivity (Wildman–Crippen MR) is 92.9 cm³/mol. The van der Waals surface area contributed by atoms with Crippen molar-refractivity contribution in [3.05, 3.63) is 70.8 Å². The van der Waals surface area contributed by atoms with Crippen molar-refractivity contribution in [2.24, 2.45) is 0 Å². The summed E-state index contributed by atoms with van der Waals surface area (Å²) >= 11 is 5.92. The van der Waals surface area contributed by atoms with E-state index in [4.69, 9.17) is 11.6 Å². The molecular formula is C19H18ClNO2. The van der Waals surface area contributed by atoms with Crippen molar-refractivity contribution in [2.75, 3.05) is 19.6 Å². The van der Waals surface area contributed by atoms with Crippen LogP contribution >= 0.6 is 11.6 Å². The summed E-state index contributed by atoms with van der Waals surface area (Å²) in [7, 11) is 0. The van der Waals surface area contributed by atoms with Crippen LogP contribution in [-0.2, 0) is 0 Å². The number of halogens is 1. The van der Waals surface area contributed by atoms with Crippen LogP contribution in [0.4, 0.5) is 0 Å². The molecule has 4 heteroatoms. The van der Waals surface area contributed by atoms with Gasteiger partial charge in [0.25, 0.3) is 0 Å². The minimum Gasteiger partial charge on any atom is -0.508 e. The quantitative estimate of drug-likeness (QED) is 0.862. The maximum Gasteiger partial charge on any atom is 0.176 e. The van der Waals surface area contributed by atoms with Crippen molar-refractivity contribution < 1.29 is 9.90 Å². The summed E-state index contributed by atoms with van der Waals surface area (Å²) in [5, 5.41) is 10.0. The normalized spacial score (nSPS) is 15.3. The van der Waals surface area contributed by atoms with Crippen molar-refractivity contribution in [1.29, 1.82) is 0 Å². The molecule has 1 aliphatic rings. The van der Waals surface area contributed by atoms with Gasteiger partial charge in [-0.1, -0.05) is 29.8 Å². The smallest absolute Gasteiger partial charge is 0.176 e. The van der Waals surface area contributed by atoms with Gasteiger partial charge in [0, 0.05) is 23.7 Å². The first-order valence-corrected chi connectivity index (χ1v) is 7.99. The molecule has 0 radical (unpaired) electrons. The molecule has 23 heavy (non-hydrogen) atoms. The van der Waals surface area contributed by atoms with Crippen molar-refractivity contribution in [1.82, 2.24) is 4.90 Å². The van der Waals surface area contributed by atoms with Crippen molar-refractivity contribution in [3.63, 3.8) is 0 Å². The predicted octanol–water partition coefficient (Wildman–Crippen LogP) is 4.02. The molecule has 0 amide bonds. The summed E-state index contributed by atoms with van der Waals surface area (Å²) in [6.45, 7) is 2.02. The number of nitrogens with zero attached hydrogens (tertiary/aromatic N) is 1. The highest BCUT2D eigenvalue weighted by molar-refractivity contribution is 6.30. The van der Waals surface area contributed by atoms with Gasteiger partial charge in [-0.15, -0.1) is 0 Å². The molecule has 1 heterocycles. The van der Waals surface area contributed by atoms with Crippen LogP contribution in [0.2, 0.25) is 5.02 Å². The highest BCUT2D eigenvalue weighted by atomic mass is 35.5. The molecular weight excluding hydrogens is 310 g/mol. The van der Waals surface area contributed by atoms with Crippen LogP contribution in [0, 0.1) is 0 Å². The topological polar surface area (TPSA) is 40.5 Å². The molecule has 0 saturated carbocycles. The second kappa shape index (κ2) is 6.99. The van der Waals surface area contributed by atoms with E-state index in [1.54, 1.807) is 24.3 Å². The zero-order chi connectivity index (χ0) is 16.2. The van der Waals surface area contributed by atoms with E-state index >= 15 is 0 Å². The van der Waals surface area contributed by atoms with E-state index in [1.165, 1.54) is 11.1 Å². The van der Waals surface area contributed by atoms with Gasteiger partial charge in [-0.2, -0.15) is 0 Å². The number of phenols is 1. The van der Waals surface area contributed by atoms with Gasteiger partial charge >= 0.3 is 0 Å². The maximum atomic E-state index is 12.3. The Bertz CT molecular complexity index is 720. The van der Waals surface area contributed by atoms with E-state index in [0.717, 1.165) is 24.5 Å². The van der Waals surface area contributed by atoms with E-state index < -0.39 is 0 Å². The molecule has 118 valence electrons. The molecule has 1 aliphatic heterocycles. The number of carbonyl (C=O) groups excluding carboxylic acids is 1. The average Bonchev–Trinajstić information content (AvgIpc) is 2.57. The summed E-state index contributed by atoms with van der Waals surface area (Å²) in [6, 6.07) is 14.3. The highest BCUT2D eigenvalue weighted by Crippen LogP contribution is 2.24. The van der Waals surface area contributed by atoms with Crippen molar-refractivity contribution in [2.45, 2.75) is 6.42 Å². The molecule has 0 atom stereocenters. The molecule has 0 aliphatic carbocycles. The number of phenolic OH excluding ortho intramolecular Hbond substituents is 1. The Morgan fingerprint density at radius 3 is 2.39 bits per heavy atom. The summed E-state index contributed by atoms with van der Waals surface area (Å²) < 4.78 is 0. The van der Waals surface area contributed by atoms with Crippen molar-refractivity contribution >= 4 is 23.0 Å². The number of aromatic hydroxyl groups is 1. The molecule has 3 rings (SSSR count). The lowest BCUT2D eigenvalue weighted by Gasteiger charge is -2.25. The molecule has 0 fully saturated rings. The monoisotopic (exact) mass is 327 g/mol. The van der Waals surface area contributed by atoms with Crippen LogP contribution in [0.5, 0.6) is 5.75 Å². The van der Waals surface area contributed by atoms with Gasteiger partial charge in [0.05, 0.1) is 6.54 Å². The first-order valence-electron chi connectivity index (χ1n) is 7.61. The average molecular weight is 328 g/mol. The van der Waals surface area contributed by atoms with E-state index in [2.05, 4.69) is 11.0 Å². The van der Waals surface area contributed by atoms with Gasteiger partial charge in [0.2, 0.25) is 0 Å². The Morgan fingerprint density at radius 2 is 1.78 bits per heavy atom. The van der Waals surface area contributed by atoms with Gasteiger partial charge in [0.15, 0.2) is 5.78 Å². The molecule has 0 bridgehead atoms.